The molecule has 0 spiro atoms. The topological polar surface area (TPSA) is 24.8 Å². The number of rotatable bonds is 17. The quantitative estimate of drug-likeness (QED) is 0.296. The van der Waals surface area contributed by atoms with Crippen molar-refractivity contribution in [3.05, 3.63) is 12.7 Å². The lowest BCUT2D eigenvalue weighted by Gasteiger charge is -2.14. The molecule has 0 aliphatic rings. The molecule has 0 bridgehead atoms. The van der Waals surface area contributed by atoms with E-state index in [1.54, 1.807) is 9.80 Å². The fourth-order valence-electron chi connectivity index (χ4n) is 3.04. The molecule has 0 aromatic rings. The smallest absolute Gasteiger partial charge is 0.245 e. The Hall–Kier alpha value is -0.540. The van der Waals surface area contributed by atoms with Crippen molar-refractivity contribution in [1.29, 1.82) is 0 Å². The fraction of sp³-hybridized carbons (Fsp3) is 0.857. The molecule has 0 atom stereocenters. The molecule has 0 unspecified atom stereocenters. The molecule has 0 aromatic carbocycles. The molecule has 0 saturated heterocycles. The van der Waals surface area contributed by atoms with Gasteiger partial charge in [-0.05, 0) is 25.3 Å². The monoisotopic (exact) mass is 374 g/mol. The van der Waals surface area contributed by atoms with E-state index in [9.17, 15) is 4.79 Å². The van der Waals surface area contributed by atoms with E-state index in [-0.39, 0.29) is 18.3 Å². The van der Waals surface area contributed by atoms with Gasteiger partial charge in [0.25, 0.3) is 0 Å². The third-order valence-corrected chi connectivity index (χ3v) is 4.72. The number of amides is 1. The summed E-state index contributed by atoms with van der Waals surface area (Å²) in [5.74, 6) is 0.0359. The van der Waals surface area contributed by atoms with Crippen molar-refractivity contribution in [3.8, 4) is 0 Å². The number of nitrogens with zero attached hydrogens (tertiary/aromatic N) is 1. The summed E-state index contributed by atoms with van der Waals surface area (Å²) in [6.07, 6.45) is 19.1. The first-order valence-corrected chi connectivity index (χ1v) is 10.2. The Morgan fingerprint density at radius 1 is 0.800 bits per heavy atom. The van der Waals surface area contributed by atoms with Crippen molar-refractivity contribution in [1.82, 2.24) is 4.90 Å². The molecule has 150 valence electrons. The zero-order chi connectivity index (χ0) is 18.0. The Kier molecular flexibility index (Phi) is 21.1. The highest BCUT2D eigenvalue weighted by atomic mass is 35.5. The van der Waals surface area contributed by atoms with Crippen molar-refractivity contribution >= 4 is 5.91 Å². The van der Waals surface area contributed by atoms with E-state index in [0.29, 0.717) is 0 Å². The average Bonchev–Trinajstić information content (AvgIpc) is 2.57. The van der Waals surface area contributed by atoms with E-state index in [1.807, 2.05) is 7.05 Å². The van der Waals surface area contributed by atoms with Crippen molar-refractivity contribution in [2.75, 3.05) is 34.2 Å². The highest BCUT2D eigenvalue weighted by Gasteiger charge is 2.02. The molecule has 0 rings (SSSR count). The van der Waals surface area contributed by atoms with Crippen LogP contribution in [0.25, 0.3) is 0 Å². The highest BCUT2D eigenvalue weighted by Crippen LogP contribution is 2.12. The number of halogens is 1. The third-order valence-electron chi connectivity index (χ3n) is 4.72. The summed E-state index contributed by atoms with van der Waals surface area (Å²) in [5, 5.41) is 0. The molecule has 1 amide bonds. The minimum absolute atomic E-state index is 0. The second kappa shape index (κ2) is 19.8. The van der Waals surface area contributed by atoms with Crippen LogP contribution < -0.4 is 17.3 Å². The van der Waals surface area contributed by atoms with Gasteiger partial charge in [0.15, 0.2) is 0 Å². The van der Waals surface area contributed by atoms with Crippen molar-refractivity contribution in [3.63, 3.8) is 0 Å². The fourth-order valence-corrected chi connectivity index (χ4v) is 3.04. The van der Waals surface area contributed by atoms with Crippen LogP contribution in [0, 0.1) is 0 Å². The molecule has 3 nitrogen and oxygen atoms in total. The molecular weight excluding hydrogens is 332 g/mol. The van der Waals surface area contributed by atoms with Crippen LogP contribution in [0.1, 0.15) is 83.5 Å². The zero-order valence-corrected chi connectivity index (χ0v) is 17.9. The van der Waals surface area contributed by atoms with Crippen LogP contribution in [0.4, 0.5) is 0 Å². The number of carbonyl (C=O) groups excluding carboxylic acids is 1. The predicted octanol–water partition coefficient (Wildman–Crippen LogP) is 0.851. The SMILES string of the molecule is C=CC(=O)N(C)CCCCCCCCCCCCCCC[NH+](C)C.[Cl-]. The number of hydrogen-bond acceptors (Lipinski definition) is 1. The average molecular weight is 375 g/mol. The third kappa shape index (κ3) is 19.6. The van der Waals surface area contributed by atoms with Crippen molar-refractivity contribution in [2.24, 2.45) is 0 Å². The Labute approximate surface area is 163 Å². The molecule has 0 saturated carbocycles. The Morgan fingerprint density at radius 3 is 1.52 bits per heavy atom. The summed E-state index contributed by atoms with van der Waals surface area (Å²) in [6, 6.07) is 0. The van der Waals surface area contributed by atoms with Crippen LogP contribution in [0.3, 0.4) is 0 Å². The first-order chi connectivity index (χ1) is 11.6. The lowest BCUT2D eigenvalue weighted by molar-refractivity contribution is -0.858. The number of unbranched alkanes of at least 4 members (excludes halogenated alkanes) is 12. The zero-order valence-electron chi connectivity index (χ0n) is 17.1. The Balaban J connectivity index is 0. The number of nitrogens with one attached hydrogen (secondary N) is 1. The van der Waals surface area contributed by atoms with Crippen LogP contribution in [0.15, 0.2) is 12.7 Å². The molecule has 0 aromatic heterocycles. The van der Waals surface area contributed by atoms with Gasteiger partial charge in [-0.15, -0.1) is 0 Å². The molecule has 1 N–H and O–H groups in total. The van der Waals surface area contributed by atoms with E-state index < -0.39 is 0 Å². The first-order valence-electron chi connectivity index (χ1n) is 10.2. The minimum Gasteiger partial charge on any atom is -1.00 e. The Bertz CT molecular complexity index is 308. The number of hydrogen-bond donors (Lipinski definition) is 1. The van der Waals surface area contributed by atoms with Gasteiger partial charge < -0.3 is 22.2 Å². The summed E-state index contributed by atoms with van der Waals surface area (Å²) in [6.45, 7) is 5.70. The predicted molar refractivity (Wildman–Crippen MR) is 106 cm³/mol. The van der Waals surface area contributed by atoms with Crippen molar-refractivity contribution < 1.29 is 22.1 Å². The van der Waals surface area contributed by atoms with Crippen LogP contribution in [0.2, 0.25) is 0 Å². The van der Waals surface area contributed by atoms with Gasteiger partial charge in [-0.1, -0.05) is 70.8 Å². The molecule has 4 heteroatoms. The maximum absolute atomic E-state index is 11.3. The van der Waals surface area contributed by atoms with Gasteiger partial charge >= 0.3 is 0 Å². The van der Waals surface area contributed by atoms with Gasteiger partial charge in [0.05, 0.1) is 20.6 Å². The maximum Gasteiger partial charge on any atom is 0.245 e. The van der Waals surface area contributed by atoms with Crippen LogP contribution in [0.5, 0.6) is 0 Å². The van der Waals surface area contributed by atoms with E-state index >= 15 is 0 Å². The molecule has 0 heterocycles. The van der Waals surface area contributed by atoms with Gasteiger partial charge in [-0.25, -0.2) is 0 Å². The van der Waals surface area contributed by atoms with Gasteiger partial charge in [-0.3, -0.25) is 4.79 Å². The number of quaternary nitrogens is 1. The van der Waals surface area contributed by atoms with Crippen molar-refractivity contribution in [2.45, 2.75) is 83.5 Å². The standard InChI is InChI=1S/C21H42N2O.ClH/c1-5-21(24)23(4)20-18-16-14-12-10-8-6-7-9-11-13-15-17-19-22(2)3;/h5H,1,6-20H2,2-4H3;1H. The molecule has 25 heavy (non-hydrogen) atoms. The van der Waals surface area contributed by atoms with Gasteiger partial charge in [0, 0.05) is 13.6 Å². The summed E-state index contributed by atoms with van der Waals surface area (Å²) in [4.78, 5) is 14.6. The first kappa shape index (κ1) is 26.7. The van der Waals surface area contributed by atoms with Gasteiger partial charge in [0.1, 0.15) is 0 Å². The number of carbonyl (C=O) groups is 1. The molecule has 0 aliphatic heterocycles. The second-order valence-corrected chi connectivity index (χ2v) is 7.52. The van der Waals surface area contributed by atoms with Gasteiger partial charge in [0.2, 0.25) is 5.91 Å². The number of likely N-dealkylation sites (N-methyl/N-ethyl adjacent to an activating group) is 1. The Morgan fingerprint density at radius 2 is 1.16 bits per heavy atom. The van der Waals surface area contributed by atoms with E-state index in [1.165, 1.54) is 89.7 Å². The highest BCUT2D eigenvalue weighted by molar-refractivity contribution is 5.86. The van der Waals surface area contributed by atoms with E-state index in [4.69, 9.17) is 0 Å². The maximum atomic E-state index is 11.3. The largest absolute Gasteiger partial charge is 1.00 e. The summed E-state index contributed by atoms with van der Waals surface area (Å²) in [7, 11) is 6.33. The second-order valence-electron chi connectivity index (χ2n) is 7.52. The summed E-state index contributed by atoms with van der Waals surface area (Å²) >= 11 is 0. The summed E-state index contributed by atoms with van der Waals surface area (Å²) in [5.41, 5.74) is 0. The summed E-state index contributed by atoms with van der Waals surface area (Å²) < 4.78 is 0. The molecular formula is C21H43ClN2O. The molecule has 0 fully saturated rings. The van der Waals surface area contributed by atoms with E-state index in [0.717, 1.165) is 13.0 Å². The lowest BCUT2D eigenvalue weighted by Crippen LogP contribution is -3.05. The van der Waals surface area contributed by atoms with Crippen LogP contribution >= 0.6 is 0 Å². The van der Waals surface area contributed by atoms with Crippen LogP contribution in [-0.4, -0.2) is 45.0 Å². The molecule has 0 aliphatic carbocycles. The normalized spacial score (nSPS) is 10.6. The van der Waals surface area contributed by atoms with Gasteiger partial charge in [-0.2, -0.15) is 0 Å². The minimum atomic E-state index is 0. The van der Waals surface area contributed by atoms with E-state index in [2.05, 4.69) is 20.7 Å². The molecule has 0 radical (unpaired) electrons. The lowest BCUT2D eigenvalue weighted by atomic mass is 10.0. The van der Waals surface area contributed by atoms with Crippen LogP contribution in [-0.2, 0) is 4.79 Å².